The molecule has 4 aromatic rings. The Balaban J connectivity index is 1.59. The summed E-state index contributed by atoms with van der Waals surface area (Å²) in [6, 6.07) is 16.6. The van der Waals surface area contributed by atoms with Crippen LogP contribution in [0, 0.1) is 13.8 Å². The standard InChI is InChI=1S/C21H18N4O2S/c1-13-7-9-15(10-8-13)19(27)22-12-16-11-18(26)25-21(23-16)28-20(24-25)17-6-4-3-5-14(17)2/h3-11H,12H2,1-2H3,(H,22,27). The molecule has 7 heteroatoms. The molecule has 1 amide bonds. The number of carbonyl (C=O) groups is 1. The lowest BCUT2D eigenvalue weighted by molar-refractivity contribution is 0.0950. The molecule has 0 spiro atoms. The van der Waals surface area contributed by atoms with E-state index >= 15 is 0 Å². The highest BCUT2D eigenvalue weighted by Gasteiger charge is 2.13. The fraction of sp³-hybridized carbons (Fsp3) is 0.143. The Morgan fingerprint density at radius 2 is 1.86 bits per heavy atom. The van der Waals surface area contributed by atoms with Crippen molar-refractivity contribution in [2.45, 2.75) is 20.4 Å². The summed E-state index contributed by atoms with van der Waals surface area (Å²) >= 11 is 1.35. The van der Waals surface area contributed by atoms with E-state index in [2.05, 4.69) is 15.4 Å². The van der Waals surface area contributed by atoms with Gasteiger partial charge >= 0.3 is 0 Å². The molecule has 0 saturated carbocycles. The van der Waals surface area contributed by atoms with Crippen molar-refractivity contribution in [2.24, 2.45) is 0 Å². The lowest BCUT2D eigenvalue weighted by Crippen LogP contribution is -2.25. The van der Waals surface area contributed by atoms with E-state index in [4.69, 9.17) is 0 Å². The van der Waals surface area contributed by atoms with Crippen molar-refractivity contribution in [2.75, 3.05) is 0 Å². The number of carbonyl (C=O) groups excluding carboxylic acids is 1. The second-order valence-corrected chi connectivity index (χ2v) is 7.51. The zero-order valence-corrected chi connectivity index (χ0v) is 16.3. The first kappa shape index (κ1) is 18.1. The van der Waals surface area contributed by atoms with Gasteiger partial charge in [0.15, 0.2) is 0 Å². The van der Waals surface area contributed by atoms with Crippen LogP contribution in [0.2, 0.25) is 0 Å². The summed E-state index contributed by atoms with van der Waals surface area (Å²) in [6.45, 7) is 4.15. The number of nitrogens with zero attached hydrogens (tertiary/aromatic N) is 3. The SMILES string of the molecule is Cc1ccc(C(=O)NCc2cc(=O)n3nc(-c4ccccc4C)sc3n2)cc1. The molecule has 28 heavy (non-hydrogen) atoms. The van der Waals surface area contributed by atoms with Crippen molar-refractivity contribution in [1.29, 1.82) is 0 Å². The van der Waals surface area contributed by atoms with Crippen molar-refractivity contribution in [3.63, 3.8) is 0 Å². The number of nitrogens with one attached hydrogen (secondary N) is 1. The third kappa shape index (κ3) is 3.57. The van der Waals surface area contributed by atoms with Crippen LogP contribution in [0.5, 0.6) is 0 Å². The van der Waals surface area contributed by atoms with E-state index < -0.39 is 0 Å². The monoisotopic (exact) mass is 390 g/mol. The number of fused-ring (bicyclic) bond motifs is 1. The zero-order valence-electron chi connectivity index (χ0n) is 15.5. The molecule has 2 aromatic carbocycles. The highest BCUT2D eigenvalue weighted by Crippen LogP contribution is 2.26. The van der Waals surface area contributed by atoms with E-state index in [1.165, 1.54) is 21.9 Å². The summed E-state index contributed by atoms with van der Waals surface area (Å²) < 4.78 is 1.30. The van der Waals surface area contributed by atoms with Gasteiger partial charge in [0.1, 0.15) is 5.01 Å². The van der Waals surface area contributed by atoms with E-state index in [1.54, 1.807) is 12.1 Å². The number of hydrogen-bond acceptors (Lipinski definition) is 5. The summed E-state index contributed by atoms with van der Waals surface area (Å²) in [7, 11) is 0. The van der Waals surface area contributed by atoms with Crippen LogP contribution in [0.25, 0.3) is 15.5 Å². The number of aryl methyl sites for hydroxylation is 2. The van der Waals surface area contributed by atoms with Crippen molar-refractivity contribution in [3.8, 4) is 10.6 Å². The fourth-order valence-corrected chi connectivity index (χ4v) is 3.86. The van der Waals surface area contributed by atoms with Crippen LogP contribution in [0.3, 0.4) is 0 Å². The molecule has 0 aliphatic heterocycles. The van der Waals surface area contributed by atoms with Gasteiger partial charge in [0.05, 0.1) is 12.2 Å². The van der Waals surface area contributed by atoms with Gasteiger partial charge in [-0.2, -0.15) is 9.61 Å². The Hall–Kier alpha value is -3.32. The molecule has 140 valence electrons. The first-order valence-electron chi connectivity index (χ1n) is 8.82. The Kier molecular flexibility index (Phi) is 4.75. The summed E-state index contributed by atoms with van der Waals surface area (Å²) in [5, 5.41) is 7.96. The smallest absolute Gasteiger partial charge is 0.275 e. The number of amides is 1. The van der Waals surface area contributed by atoms with E-state index in [-0.39, 0.29) is 18.0 Å². The molecule has 0 radical (unpaired) electrons. The molecule has 0 atom stereocenters. The van der Waals surface area contributed by atoms with Gasteiger partial charge in [0.25, 0.3) is 11.5 Å². The number of hydrogen-bond donors (Lipinski definition) is 1. The topological polar surface area (TPSA) is 76.4 Å². The molecule has 0 bridgehead atoms. The maximum absolute atomic E-state index is 12.4. The van der Waals surface area contributed by atoms with Crippen LogP contribution < -0.4 is 10.9 Å². The first-order valence-corrected chi connectivity index (χ1v) is 9.63. The fourth-order valence-electron chi connectivity index (χ4n) is 2.85. The average Bonchev–Trinajstić information content (AvgIpc) is 3.11. The molecule has 2 aromatic heterocycles. The molecule has 2 heterocycles. The van der Waals surface area contributed by atoms with E-state index in [9.17, 15) is 9.59 Å². The van der Waals surface area contributed by atoms with Gasteiger partial charge in [-0.1, -0.05) is 53.3 Å². The van der Waals surface area contributed by atoms with Crippen LogP contribution in [0.1, 0.15) is 27.2 Å². The molecule has 0 unspecified atom stereocenters. The third-order valence-corrected chi connectivity index (χ3v) is 5.36. The maximum atomic E-state index is 12.4. The second kappa shape index (κ2) is 7.36. The highest BCUT2D eigenvalue weighted by molar-refractivity contribution is 7.19. The Bertz CT molecular complexity index is 1230. The van der Waals surface area contributed by atoms with Gasteiger partial charge in [0, 0.05) is 17.2 Å². The summed E-state index contributed by atoms with van der Waals surface area (Å²) in [5.41, 5.74) is 3.97. The Morgan fingerprint density at radius 1 is 1.11 bits per heavy atom. The van der Waals surface area contributed by atoms with Crippen LogP contribution in [0.4, 0.5) is 0 Å². The second-order valence-electron chi connectivity index (χ2n) is 6.55. The summed E-state index contributed by atoms with van der Waals surface area (Å²) in [6.07, 6.45) is 0. The summed E-state index contributed by atoms with van der Waals surface area (Å²) in [4.78, 5) is 29.7. The maximum Gasteiger partial charge on any atom is 0.275 e. The lowest BCUT2D eigenvalue weighted by Gasteiger charge is -2.05. The Morgan fingerprint density at radius 3 is 2.61 bits per heavy atom. The first-order chi connectivity index (χ1) is 13.5. The number of aromatic nitrogens is 3. The zero-order chi connectivity index (χ0) is 19.7. The molecule has 0 aliphatic carbocycles. The highest BCUT2D eigenvalue weighted by atomic mass is 32.1. The molecule has 0 saturated heterocycles. The molecular weight excluding hydrogens is 372 g/mol. The van der Waals surface area contributed by atoms with Gasteiger partial charge in [-0.25, -0.2) is 4.98 Å². The van der Waals surface area contributed by atoms with Gasteiger partial charge < -0.3 is 5.32 Å². The molecule has 1 N–H and O–H groups in total. The average molecular weight is 390 g/mol. The summed E-state index contributed by atoms with van der Waals surface area (Å²) in [5.74, 6) is -0.202. The molecule has 6 nitrogen and oxygen atoms in total. The lowest BCUT2D eigenvalue weighted by atomic mass is 10.1. The molecule has 0 fully saturated rings. The van der Waals surface area contributed by atoms with E-state index in [0.29, 0.717) is 16.2 Å². The predicted molar refractivity (Wildman–Crippen MR) is 110 cm³/mol. The van der Waals surface area contributed by atoms with Crippen LogP contribution in [-0.4, -0.2) is 20.5 Å². The van der Waals surface area contributed by atoms with Crippen molar-refractivity contribution in [3.05, 3.63) is 87.3 Å². The predicted octanol–water partition coefficient (Wildman–Crippen LogP) is 3.36. The van der Waals surface area contributed by atoms with Crippen molar-refractivity contribution in [1.82, 2.24) is 19.9 Å². The minimum Gasteiger partial charge on any atom is -0.346 e. The third-order valence-electron chi connectivity index (χ3n) is 4.42. The van der Waals surface area contributed by atoms with E-state index in [0.717, 1.165) is 21.7 Å². The van der Waals surface area contributed by atoms with E-state index in [1.807, 2.05) is 50.2 Å². The largest absolute Gasteiger partial charge is 0.346 e. The van der Waals surface area contributed by atoms with Gasteiger partial charge in [0.2, 0.25) is 4.96 Å². The van der Waals surface area contributed by atoms with Crippen molar-refractivity contribution < 1.29 is 4.79 Å². The van der Waals surface area contributed by atoms with Gasteiger partial charge in [-0.3, -0.25) is 9.59 Å². The number of rotatable bonds is 4. The quantitative estimate of drug-likeness (QED) is 0.580. The van der Waals surface area contributed by atoms with Crippen LogP contribution in [-0.2, 0) is 6.54 Å². The minimum atomic E-state index is -0.263. The Labute approximate surface area is 165 Å². The van der Waals surface area contributed by atoms with Gasteiger partial charge in [-0.15, -0.1) is 0 Å². The number of benzene rings is 2. The van der Waals surface area contributed by atoms with Crippen molar-refractivity contribution >= 4 is 22.2 Å². The van der Waals surface area contributed by atoms with Crippen LogP contribution >= 0.6 is 11.3 Å². The normalized spacial score (nSPS) is 10.9. The van der Waals surface area contributed by atoms with Crippen LogP contribution in [0.15, 0.2) is 59.4 Å². The molecule has 4 rings (SSSR count). The minimum absolute atomic E-state index is 0.177. The van der Waals surface area contributed by atoms with Gasteiger partial charge in [-0.05, 0) is 31.5 Å². The molecular formula is C21H18N4O2S. The molecule has 0 aliphatic rings.